The van der Waals surface area contributed by atoms with E-state index in [9.17, 15) is 4.79 Å². The van der Waals surface area contributed by atoms with E-state index in [2.05, 4.69) is 40.0 Å². The van der Waals surface area contributed by atoms with Crippen LogP contribution in [0.3, 0.4) is 0 Å². The highest BCUT2D eigenvalue weighted by Gasteiger charge is 2.04. The highest BCUT2D eigenvalue weighted by Crippen LogP contribution is 2.12. The van der Waals surface area contributed by atoms with E-state index in [4.69, 9.17) is 0 Å². The summed E-state index contributed by atoms with van der Waals surface area (Å²) in [5.41, 5.74) is 2.78. The van der Waals surface area contributed by atoms with Gasteiger partial charge in [0.05, 0.1) is 12.7 Å². The van der Waals surface area contributed by atoms with Gasteiger partial charge in [-0.1, -0.05) is 0 Å². The molecule has 1 aromatic heterocycles. The molecule has 0 radical (unpaired) electrons. The van der Waals surface area contributed by atoms with Crippen LogP contribution >= 0.6 is 0 Å². The zero-order chi connectivity index (χ0) is 13.7. The highest BCUT2D eigenvalue weighted by atomic mass is 16.5. The first-order chi connectivity index (χ1) is 9.22. The van der Waals surface area contributed by atoms with Crippen molar-refractivity contribution in [1.82, 2.24) is 4.57 Å². The van der Waals surface area contributed by atoms with E-state index in [1.165, 1.54) is 12.7 Å². The summed E-state index contributed by atoms with van der Waals surface area (Å²) in [5.74, 6) is -0.313. The van der Waals surface area contributed by atoms with Gasteiger partial charge in [0, 0.05) is 31.2 Å². The third-order valence-corrected chi connectivity index (χ3v) is 2.98. The average Bonchev–Trinajstić information content (AvgIpc) is 2.93. The van der Waals surface area contributed by atoms with Crippen molar-refractivity contribution in [2.24, 2.45) is 0 Å². The predicted octanol–water partition coefficient (Wildman–Crippen LogP) is 2.91. The maximum absolute atomic E-state index is 11.3. The molecule has 0 aliphatic carbocycles. The molecular formula is C15H18N2O2. The van der Waals surface area contributed by atoms with E-state index >= 15 is 0 Å². The van der Waals surface area contributed by atoms with Crippen molar-refractivity contribution in [3.8, 4) is 0 Å². The van der Waals surface area contributed by atoms with Gasteiger partial charge in [0.2, 0.25) is 0 Å². The maximum Gasteiger partial charge on any atom is 0.337 e. The van der Waals surface area contributed by atoms with Gasteiger partial charge in [0.1, 0.15) is 0 Å². The Bertz CT molecular complexity index is 544. The Balaban J connectivity index is 1.94. The number of aromatic nitrogens is 1. The smallest absolute Gasteiger partial charge is 0.337 e. The molecule has 0 saturated carbocycles. The number of carbonyl (C=O) groups excluding carboxylic acids is 1. The molecule has 0 atom stereocenters. The summed E-state index contributed by atoms with van der Waals surface area (Å²) in [5, 5.41) is 3.32. The Morgan fingerprint density at radius 1 is 1.26 bits per heavy atom. The topological polar surface area (TPSA) is 43.3 Å². The van der Waals surface area contributed by atoms with Crippen LogP contribution in [0.25, 0.3) is 0 Å². The number of rotatable bonds is 5. The Kier molecular flexibility index (Phi) is 4.23. The summed E-state index contributed by atoms with van der Waals surface area (Å²) < 4.78 is 6.79. The van der Waals surface area contributed by atoms with Crippen molar-refractivity contribution in [2.75, 3.05) is 12.4 Å². The molecule has 0 aliphatic heterocycles. The van der Waals surface area contributed by atoms with E-state index in [0.29, 0.717) is 5.56 Å². The number of aryl methyl sites for hydroxylation is 1. The van der Waals surface area contributed by atoms with E-state index in [-0.39, 0.29) is 5.97 Å². The third kappa shape index (κ3) is 3.37. The van der Waals surface area contributed by atoms with Gasteiger partial charge in [-0.15, -0.1) is 0 Å². The molecule has 1 N–H and O–H groups in total. The van der Waals surface area contributed by atoms with Gasteiger partial charge in [-0.05, 0) is 42.8 Å². The Labute approximate surface area is 113 Å². The fraction of sp³-hybridized carbons (Fsp3) is 0.267. The van der Waals surface area contributed by atoms with Crippen LogP contribution in [0.4, 0.5) is 5.69 Å². The van der Waals surface area contributed by atoms with Gasteiger partial charge >= 0.3 is 5.97 Å². The van der Waals surface area contributed by atoms with Crippen LogP contribution in [0.5, 0.6) is 0 Å². The van der Waals surface area contributed by atoms with E-state index < -0.39 is 0 Å². The van der Waals surface area contributed by atoms with E-state index in [1.807, 2.05) is 12.1 Å². The largest absolute Gasteiger partial charge is 0.465 e. The minimum Gasteiger partial charge on any atom is -0.465 e. The van der Waals surface area contributed by atoms with Gasteiger partial charge < -0.3 is 14.6 Å². The molecule has 0 aliphatic rings. The lowest BCUT2D eigenvalue weighted by molar-refractivity contribution is 0.0601. The summed E-state index contributed by atoms with van der Waals surface area (Å²) in [6, 6.07) is 9.36. The maximum atomic E-state index is 11.3. The monoisotopic (exact) mass is 258 g/mol. The first-order valence-electron chi connectivity index (χ1n) is 6.30. The molecule has 0 saturated heterocycles. The molecule has 0 bridgehead atoms. The lowest BCUT2D eigenvalue weighted by Gasteiger charge is -2.06. The number of hydrogen-bond acceptors (Lipinski definition) is 3. The molecule has 0 fully saturated rings. The highest BCUT2D eigenvalue weighted by molar-refractivity contribution is 5.89. The fourth-order valence-corrected chi connectivity index (χ4v) is 1.84. The van der Waals surface area contributed by atoms with E-state index in [1.54, 1.807) is 12.1 Å². The SMILES string of the molecule is CCn1ccc(CNc2ccc(C(=O)OC)cc2)c1. The second-order valence-electron chi connectivity index (χ2n) is 4.27. The lowest BCUT2D eigenvalue weighted by Crippen LogP contribution is -2.02. The average molecular weight is 258 g/mol. The molecule has 1 heterocycles. The first-order valence-corrected chi connectivity index (χ1v) is 6.30. The predicted molar refractivity (Wildman–Crippen MR) is 75.2 cm³/mol. The molecule has 0 spiro atoms. The number of nitrogens with one attached hydrogen (secondary N) is 1. The lowest BCUT2D eigenvalue weighted by atomic mass is 10.2. The normalized spacial score (nSPS) is 10.2. The number of nitrogens with zero attached hydrogens (tertiary/aromatic N) is 1. The van der Waals surface area contributed by atoms with Crippen molar-refractivity contribution < 1.29 is 9.53 Å². The summed E-state index contributed by atoms with van der Waals surface area (Å²) in [7, 11) is 1.38. The number of methoxy groups -OCH3 is 1. The number of ether oxygens (including phenoxy) is 1. The van der Waals surface area contributed by atoms with Crippen LogP contribution in [0.15, 0.2) is 42.7 Å². The van der Waals surface area contributed by atoms with Crippen LogP contribution < -0.4 is 5.32 Å². The van der Waals surface area contributed by atoms with Crippen molar-refractivity contribution >= 4 is 11.7 Å². The zero-order valence-electron chi connectivity index (χ0n) is 11.2. The number of anilines is 1. The van der Waals surface area contributed by atoms with Gasteiger partial charge in [-0.25, -0.2) is 4.79 Å². The van der Waals surface area contributed by atoms with E-state index in [0.717, 1.165) is 18.8 Å². The molecule has 2 rings (SSSR count). The first kappa shape index (κ1) is 13.2. The molecule has 100 valence electrons. The number of hydrogen-bond donors (Lipinski definition) is 1. The van der Waals surface area contributed by atoms with Gasteiger partial charge in [0.15, 0.2) is 0 Å². The minimum atomic E-state index is -0.313. The Morgan fingerprint density at radius 3 is 2.58 bits per heavy atom. The second kappa shape index (κ2) is 6.09. The number of esters is 1. The molecule has 4 heteroatoms. The van der Waals surface area contributed by atoms with Crippen LogP contribution in [0.1, 0.15) is 22.8 Å². The van der Waals surface area contributed by atoms with Crippen LogP contribution in [0, 0.1) is 0 Å². The van der Waals surface area contributed by atoms with Gasteiger partial charge in [-0.2, -0.15) is 0 Å². The molecule has 0 unspecified atom stereocenters. The summed E-state index contributed by atoms with van der Waals surface area (Å²) in [6.07, 6.45) is 4.19. The quantitative estimate of drug-likeness (QED) is 0.839. The fourth-order valence-electron chi connectivity index (χ4n) is 1.84. The van der Waals surface area contributed by atoms with Crippen LogP contribution in [-0.2, 0) is 17.8 Å². The summed E-state index contributed by atoms with van der Waals surface area (Å²) in [4.78, 5) is 11.3. The molecule has 4 nitrogen and oxygen atoms in total. The summed E-state index contributed by atoms with van der Waals surface area (Å²) >= 11 is 0. The second-order valence-corrected chi connectivity index (χ2v) is 4.27. The molecular weight excluding hydrogens is 240 g/mol. The number of benzene rings is 1. The third-order valence-electron chi connectivity index (χ3n) is 2.98. The van der Waals surface area contributed by atoms with Gasteiger partial charge in [-0.3, -0.25) is 0 Å². The van der Waals surface area contributed by atoms with Crippen molar-refractivity contribution in [3.63, 3.8) is 0 Å². The Hall–Kier alpha value is -2.23. The van der Waals surface area contributed by atoms with Crippen LogP contribution in [0.2, 0.25) is 0 Å². The van der Waals surface area contributed by atoms with Crippen molar-refractivity contribution in [1.29, 1.82) is 0 Å². The minimum absolute atomic E-state index is 0.313. The number of carbonyl (C=O) groups is 1. The molecule has 0 amide bonds. The zero-order valence-corrected chi connectivity index (χ0v) is 11.2. The van der Waals surface area contributed by atoms with Gasteiger partial charge in [0.25, 0.3) is 0 Å². The summed E-state index contributed by atoms with van der Waals surface area (Å²) in [6.45, 7) is 3.86. The Morgan fingerprint density at radius 2 is 2.00 bits per heavy atom. The van der Waals surface area contributed by atoms with Crippen molar-refractivity contribution in [3.05, 3.63) is 53.9 Å². The molecule has 1 aromatic carbocycles. The molecule has 19 heavy (non-hydrogen) atoms. The standard InChI is InChI=1S/C15H18N2O2/c1-3-17-9-8-12(11-17)10-16-14-6-4-13(5-7-14)15(18)19-2/h4-9,11,16H,3,10H2,1-2H3. The van der Waals surface area contributed by atoms with Crippen molar-refractivity contribution in [2.45, 2.75) is 20.0 Å². The van der Waals surface area contributed by atoms with Crippen LogP contribution in [-0.4, -0.2) is 17.6 Å². The molecule has 2 aromatic rings.